The van der Waals surface area contributed by atoms with Crippen LogP contribution in [-0.4, -0.2) is 36.4 Å². The monoisotopic (exact) mass is 446 g/mol. The van der Waals surface area contributed by atoms with Crippen molar-refractivity contribution in [3.05, 3.63) is 35.5 Å². The minimum absolute atomic E-state index is 0.0543. The molecule has 32 heavy (non-hydrogen) atoms. The van der Waals surface area contributed by atoms with Crippen molar-refractivity contribution >= 4 is 12.1 Å². The van der Waals surface area contributed by atoms with Gasteiger partial charge < -0.3 is 28.7 Å². The van der Waals surface area contributed by atoms with Crippen LogP contribution >= 0.6 is 0 Å². The van der Waals surface area contributed by atoms with Crippen LogP contribution in [0.2, 0.25) is 0 Å². The Morgan fingerprint density at radius 1 is 1.25 bits per heavy atom. The molecular formula is C23H30N2O7. The van der Waals surface area contributed by atoms with Gasteiger partial charge in [-0.1, -0.05) is 0 Å². The molecule has 9 heteroatoms. The fourth-order valence-electron chi connectivity index (χ4n) is 2.99. The molecule has 2 aromatic rings. The van der Waals surface area contributed by atoms with E-state index in [0.29, 0.717) is 35.5 Å². The van der Waals surface area contributed by atoms with Gasteiger partial charge in [-0.05, 0) is 58.6 Å². The highest BCUT2D eigenvalue weighted by Crippen LogP contribution is 2.44. The van der Waals surface area contributed by atoms with E-state index in [9.17, 15) is 9.59 Å². The molecule has 1 aliphatic carbocycles. The van der Waals surface area contributed by atoms with Gasteiger partial charge in [-0.15, -0.1) is 0 Å². The molecule has 0 spiro atoms. The third kappa shape index (κ3) is 6.15. The molecule has 1 N–H and O–H groups in total. The molecule has 0 radical (unpaired) electrons. The number of hydrogen-bond donors (Lipinski definition) is 1. The Hall–Kier alpha value is -3.23. The number of hydrogen-bond acceptors (Lipinski definition) is 8. The quantitative estimate of drug-likeness (QED) is 0.463. The van der Waals surface area contributed by atoms with Crippen molar-refractivity contribution in [1.29, 1.82) is 0 Å². The first-order valence-electron chi connectivity index (χ1n) is 10.5. The molecule has 1 fully saturated rings. The molecule has 0 bridgehead atoms. The smallest absolute Gasteiger partial charge is 0.408 e. The second kappa shape index (κ2) is 9.50. The normalized spacial score (nSPS) is 14.4. The van der Waals surface area contributed by atoms with Gasteiger partial charge in [0.2, 0.25) is 5.75 Å². The molecule has 1 aromatic carbocycles. The number of carbonyl (C=O) groups excluding carboxylic acids is 2. The standard InChI is InChI=1S/C23H30N2O7/c1-13(24-22(27)32-23(3,4)5)16-9-10-18(31-21(26)17-12-29-14(2)25-17)20(19(16)28-6)30-11-15-7-8-15/h9-10,12-13,15H,7-8,11H2,1-6H3,(H,24,27)/t13-/m1/s1. The summed E-state index contributed by atoms with van der Waals surface area (Å²) in [7, 11) is 1.50. The van der Waals surface area contributed by atoms with Crippen LogP contribution < -0.4 is 19.5 Å². The molecule has 3 rings (SSSR count). The molecular weight excluding hydrogens is 416 g/mol. The zero-order chi connectivity index (χ0) is 23.5. The van der Waals surface area contributed by atoms with Gasteiger partial charge in [0.05, 0.1) is 19.8 Å². The van der Waals surface area contributed by atoms with E-state index < -0.39 is 23.7 Å². The van der Waals surface area contributed by atoms with Crippen molar-refractivity contribution in [3.63, 3.8) is 0 Å². The lowest BCUT2D eigenvalue weighted by atomic mass is 10.1. The molecule has 9 nitrogen and oxygen atoms in total. The molecule has 1 atom stereocenters. The molecule has 1 amide bonds. The van der Waals surface area contributed by atoms with E-state index in [1.807, 2.05) is 0 Å². The first-order valence-corrected chi connectivity index (χ1v) is 10.5. The van der Waals surface area contributed by atoms with E-state index in [2.05, 4.69) is 10.3 Å². The number of nitrogens with one attached hydrogen (secondary N) is 1. The molecule has 174 valence electrons. The van der Waals surface area contributed by atoms with Crippen LogP contribution in [0.4, 0.5) is 4.79 Å². The number of esters is 1. The predicted octanol–water partition coefficient (Wildman–Crippen LogP) is 4.59. The van der Waals surface area contributed by atoms with Crippen LogP contribution in [0.1, 0.15) is 68.5 Å². The van der Waals surface area contributed by atoms with E-state index in [4.69, 9.17) is 23.4 Å². The SMILES string of the molecule is COc1c([C@@H](C)NC(=O)OC(C)(C)C)ccc(OC(=O)c2coc(C)n2)c1OCC1CC1. The third-order valence-corrected chi connectivity index (χ3v) is 4.70. The molecule has 0 saturated heterocycles. The van der Waals surface area contributed by atoms with Gasteiger partial charge in [0.15, 0.2) is 23.1 Å². The Kier molecular flexibility index (Phi) is 6.96. The van der Waals surface area contributed by atoms with Gasteiger partial charge in [-0.25, -0.2) is 14.6 Å². The lowest BCUT2D eigenvalue weighted by Crippen LogP contribution is -2.34. The molecule has 0 unspecified atom stereocenters. The minimum Gasteiger partial charge on any atom is -0.492 e. The van der Waals surface area contributed by atoms with Crippen LogP contribution in [-0.2, 0) is 4.74 Å². The summed E-state index contributed by atoms with van der Waals surface area (Å²) in [6.45, 7) is 9.29. The average molecular weight is 447 g/mol. The van der Waals surface area contributed by atoms with Crippen LogP contribution in [0, 0.1) is 12.8 Å². The van der Waals surface area contributed by atoms with Gasteiger partial charge in [0.25, 0.3) is 0 Å². The fraction of sp³-hybridized carbons (Fsp3) is 0.522. The van der Waals surface area contributed by atoms with Gasteiger partial charge >= 0.3 is 12.1 Å². The topological polar surface area (TPSA) is 109 Å². The van der Waals surface area contributed by atoms with E-state index in [1.54, 1.807) is 46.8 Å². The Morgan fingerprint density at radius 2 is 1.97 bits per heavy atom. The first kappa shape index (κ1) is 23.4. The van der Waals surface area contributed by atoms with Gasteiger partial charge in [-0.3, -0.25) is 0 Å². The van der Waals surface area contributed by atoms with Crippen molar-refractivity contribution in [1.82, 2.24) is 10.3 Å². The zero-order valence-electron chi connectivity index (χ0n) is 19.3. The number of aromatic nitrogens is 1. The van der Waals surface area contributed by atoms with E-state index in [0.717, 1.165) is 12.8 Å². The van der Waals surface area contributed by atoms with Crippen LogP contribution in [0.5, 0.6) is 17.2 Å². The maximum atomic E-state index is 12.5. The van der Waals surface area contributed by atoms with Crippen molar-refractivity contribution in [3.8, 4) is 17.2 Å². The lowest BCUT2D eigenvalue weighted by Gasteiger charge is -2.24. The summed E-state index contributed by atoms with van der Waals surface area (Å²) in [6.07, 6.45) is 2.86. The number of rotatable bonds is 8. The summed E-state index contributed by atoms with van der Waals surface area (Å²) in [5, 5.41) is 2.79. The number of amides is 1. The van der Waals surface area contributed by atoms with Crippen LogP contribution in [0.3, 0.4) is 0 Å². The van der Waals surface area contributed by atoms with E-state index >= 15 is 0 Å². The maximum Gasteiger partial charge on any atom is 0.408 e. The highest BCUT2D eigenvalue weighted by atomic mass is 16.6. The minimum atomic E-state index is -0.673. The Balaban J connectivity index is 1.87. The molecule has 0 aliphatic heterocycles. The molecule has 1 heterocycles. The zero-order valence-corrected chi connectivity index (χ0v) is 19.3. The average Bonchev–Trinajstić information content (AvgIpc) is 3.42. The largest absolute Gasteiger partial charge is 0.492 e. The van der Waals surface area contributed by atoms with Crippen LogP contribution in [0.15, 0.2) is 22.8 Å². The number of ether oxygens (including phenoxy) is 4. The number of methoxy groups -OCH3 is 1. The number of nitrogens with zero attached hydrogens (tertiary/aromatic N) is 1. The second-order valence-corrected chi connectivity index (χ2v) is 8.78. The van der Waals surface area contributed by atoms with E-state index in [1.165, 1.54) is 13.4 Å². The molecule has 1 saturated carbocycles. The summed E-state index contributed by atoms with van der Waals surface area (Å²) >= 11 is 0. The van der Waals surface area contributed by atoms with Gasteiger partial charge in [0.1, 0.15) is 11.9 Å². The van der Waals surface area contributed by atoms with Gasteiger partial charge in [0, 0.05) is 12.5 Å². The summed E-state index contributed by atoms with van der Waals surface area (Å²) in [5.41, 5.74) is 0.0872. The number of carbonyl (C=O) groups is 2. The Bertz CT molecular complexity index is 973. The number of aryl methyl sites for hydroxylation is 1. The summed E-state index contributed by atoms with van der Waals surface area (Å²) in [5.74, 6) is 1.01. The highest BCUT2D eigenvalue weighted by Gasteiger charge is 2.28. The second-order valence-electron chi connectivity index (χ2n) is 8.78. The van der Waals surface area contributed by atoms with E-state index in [-0.39, 0.29) is 11.4 Å². The summed E-state index contributed by atoms with van der Waals surface area (Å²) in [4.78, 5) is 28.7. The van der Waals surface area contributed by atoms with Crippen LogP contribution in [0.25, 0.3) is 0 Å². The Morgan fingerprint density at radius 3 is 2.53 bits per heavy atom. The summed E-state index contributed by atoms with van der Waals surface area (Å²) < 4.78 is 27.6. The number of alkyl carbamates (subject to hydrolysis) is 1. The van der Waals surface area contributed by atoms with Crippen molar-refractivity contribution in [2.45, 2.75) is 59.1 Å². The first-order chi connectivity index (χ1) is 15.1. The molecule has 1 aliphatic rings. The maximum absolute atomic E-state index is 12.5. The Labute approximate surface area is 187 Å². The van der Waals surface area contributed by atoms with Crippen molar-refractivity contribution < 1.29 is 33.0 Å². The molecule has 1 aromatic heterocycles. The van der Waals surface area contributed by atoms with Gasteiger partial charge in [-0.2, -0.15) is 0 Å². The lowest BCUT2D eigenvalue weighted by molar-refractivity contribution is 0.0507. The fourth-order valence-corrected chi connectivity index (χ4v) is 2.99. The van der Waals surface area contributed by atoms with Crippen molar-refractivity contribution in [2.75, 3.05) is 13.7 Å². The third-order valence-electron chi connectivity index (χ3n) is 4.70. The highest BCUT2D eigenvalue weighted by molar-refractivity contribution is 5.89. The van der Waals surface area contributed by atoms with Crippen molar-refractivity contribution in [2.24, 2.45) is 5.92 Å². The number of benzene rings is 1. The number of oxazole rings is 1. The summed E-state index contributed by atoms with van der Waals surface area (Å²) in [6, 6.07) is 2.87. The predicted molar refractivity (Wildman–Crippen MR) is 115 cm³/mol.